The number of nitrogens with one attached hydrogen (secondary N) is 1. The van der Waals surface area contributed by atoms with Gasteiger partial charge in [-0.05, 0) is 36.8 Å². The second-order valence-electron chi connectivity index (χ2n) is 4.30. The molecule has 0 bridgehead atoms. The van der Waals surface area contributed by atoms with Gasteiger partial charge in [-0.3, -0.25) is 5.43 Å². The average Bonchev–Trinajstić information content (AvgIpc) is 2.88. The Balaban J connectivity index is 1.80. The molecule has 0 aliphatic heterocycles. The van der Waals surface area contributed by atoms with Gasteiger partial charge in [0.1, 0.15) is 0 Å². The quantitative estimate of drug-likeness (QED) is 0.558. The molecule has 100 valence electrons. The van der Waals surface area contributed by atoms with Crippen molar-refractivity contribution in [2.75, 3.05) is 5.43 Å². The number of halogens is 1. The number of thiazole rings is 1. The highest BCUT2D eigenvalue weighted by atomic mass is 35.5. The summed E-state index contributed by atoms with van der Waals surface area (Å²) in [5.74, 6) is 0. The van der Waals surface area contributed by atoms with E-state index < -0.39 is 0 Å². The number of hydrogen-bond acceptors (Lipinski definition) is 4. The summed E-state index contributed by atoms with van der Waals surface area (Å²) in [5.41, 5.74) is 5.92. The van der Waals surface area contributed by atoms with Gasteiger partial charge in [0, 0.05) is 5.02 Å². The van der Waals surface area contributed by atoms with Crippen LogP contribution in [0.4, 0.5) is 5.13 Å². The van der Waals surface area contributed by atoms with E-state index >= 15 is 0 Å². The van der Waals surface area contributed by atoms with E-state index in [2.05, 4.69) is 15.5 Å². The highest BCUT2D eigenvalue weighted by Crippen LogP contribution is 2.25. The van der Waals surface area contributed by atoms with Gasteiger partial charge in [0.25, 0.3) is 0 Å². The molecule has 0 aliphatic rings. The van der Waals surface area contributed by atoms with Crippen molar-refractivity contribution in [2.45, 2.75) is 6.92 Å². The number of aromatic nitrogens is 1. The highest BCUT2D eigenvalue weighted by Gasteiger charge is 2.02. The van der Waals surface area contributed by atoms with E-state index in [1.165, 1.54) is 0 Å². The van der Waals surface area contributed by atoms with Crippen LogP contribution in [0.5, 0.6) is 0 Å². The third-order valence-corrected chi connectivity index (χ3v) is 4.07. The van der Waals surface area contributed by atoms with Gasteiger partial charge in [-0.2, -0.15) is 5.10 Å². The number of hydrazone groups is 1. The van der Waals surface area contributed by atoms with E-state index in [0.717, 1.165) is 31.6 Å². The highest BCUT2D eigenvalue weighted by molar-refractivity contribution is 7.22. The van der Waals surface area contributed by atoms with E-state index in [1.807, 2.05) is 55.5 Å². The van der Waals surface area contributed by atoms with Crippen molar-refractivity contribution < 1.29 is 0 Å². The second kappa shape index (κ2) is 5.61. The summed E-state index contributed by atoms with van der Waals surface area (Å²) in [5, 5.41) is 5.88. The molecule has 0 amide bonds. The number of benzene rings is 2. The maximum atomic E-state index is 5.87. The molecule has 0 unspecified atom stereocenters. The molecule has 0 radical (unpaired) electrons. The van der Waals surface area contributed by atoms with E-state index in [4.69, 9.17) is 11.6 Å². The topological polar surface area (TPSA) is 37.3 Å². The van der Waals surface area contributed by atoms with Crippen LogP contribution < -0.4 is 5.43 Å². The van der Waals surface area contributed by atoms with E-state index in [-0.39, 0.29) is 0 Å². The lowest BCUT2D eigenvalue weighted by atomic mass is 10.1. The lowest BCUT2D eigenvalue weighted by Crippen LogP contribution is -1.99. The van der Waals surface area contributed by atoms with E-state index in [0.29, 0.717) is 0 Å². The van der Waals surface area contributed by atoms with Gasteiger partial charge in [0.05, 0.1) is 15.9 Å². The largest absolute Gasteiger partial charge is 0.252 e. The third kappa shape index (κ3) is 2.81. The van der Waals surface area contributed by atoms with Gasteiger partial charge >= 0.3 is 0 Å². The number of anilines is 1. The summed E-state index contributed by atoms with van der Waals surface area (Å²) < 4.78 is 1.15. The van der Waals surface area contributed by atoms with Gasteiger partial charge in [-0.15, -0.1) is 0 Å². The zero-order chi connectivity index (χ0) is 13.9. The minimum atomic E-state index is 0.723. The molecule has 5 heteroatoms. The maximum Gasteiger partial charge on any atom is 0.204 e. The molecule has 1 N–H and O–H groups in total. The Bertz CT molecular complexity index is 729. The van der Waals surface area contributed by atoms with Crippen molar-refractivity contribution in [3.63, 3.8) is 0 Å². The molecule has 1 heterocycles. The molecule has 2 aromatic carbocycles. The molecule has 0 saturated heterocycles. The predicted molar refractivity (Wildman–Crippen MR) is 86.9 cm³/mol. The summed E-state index contributed by atoms with van der Waals surface area (Å²) in [6.45, 7) is 1.95. The van der Waals surface area contributed by atoms with E-state index in [1.54, 1.807) is 11.3 Å². The Hall–Kier alpha value is -1.91. The van der Waals surface area contributed by atoms with Crippen molar-refractivity contribution in [3.05, 3.63) is 59.1 Å². The van der Waals surface area contributed by atoms with Gasteiger partial charge in [-0.25, -0.2) is 4.98 Å². The van der Waals surface area contributed by atoms with Crippen molar-refractivity contribution >= 4 is 44.0 Å². The van der Waals surface area contributed by atoms with Crippen molar-refractivity contribution in [3.8, 4) is 0 Å². The van der Waals surface area contributed by atoms with Crippen LogP contribution in [0.25, 0.3) is 10.2 Å². The molecular weight excluding hydrogens is 290 g/mol. The van der Waals surface area contributed by atoms with Crippen LogP contribution in [-0.2, 0) is 0 Å². The summed E-state index contributed by atoms with van der Waals surface area (Å²) in [6.07, 6.45) is 0. The number of para-hydroxylation sites is 1. The Kier molecular flexibility index (Phi) is 3.67. The third-order valence-electron chi connectivity index (χ3n) is 2.88. The normalized spacial score (nSPS) is 11.8. The van der Waals surface area contributed by atoms with Crippen molar-refractivity contribution in [1.29, 1.82) is 0 Å². The lowest BCUT2D eigenvalue weighted by Gasteiger charge is -2.01. The zero-order valence-corrected chi connectivity index (χ0v) is 12.4. The molecule has 3 rings (SSSR count). The molecule has 0 spiro atoms. The van der Waals surface area contributed by atoms with Gasteiger partial charge in [-0.1, -0.05) is 47.2 Å². The van der Waals surface area contributed by atoms with Crippen LogP contribution in [0.1, 0.15) is 12.5 Å². The fourth-order valence-electron chi connectivity index (χ4n) is 1.81. The fraction of sp³-hybridized carbons (Fsp3) is 0.0667. The molecule has 20 heavy (non-hydrogen) atoms. The first-order chi connectivity index (χ1) is 9.72. The second-order valence-corrected chi connectivity index (χ2v) is 5.77. The first-order valence-corrected chi connectivity index (χ1v) is 7.33. The average molecular weight is 302 g/mol. The number of rotatable bonds is 3. The molecule has 1 aromatic heterocycles. The smallest absolute Gasteiger partial charge is 0.204 e. The van der Waals surface area contributed by atoms with Gasteiger partial charge in [0.2, 0.25) is 5.13 Å². The Morgan fingerprint density at radius 3 is 2.65 bits per heavy atom. The molecular formula is C15H12ClN3S. The Labute approximate surface area is 125 Å². The monoisotopic (exact) mass is 301 g/mol. The molecule has 0 fully saturated rings. The summed E-state index contributed by atoms with van der Waals surface area (Å²) in [4.78, 5) is 4.47. The van der Waals surface area contributed by atoms with Crippen LogP contribution in [0.3, 0.4) is 0 Å². The van der Waals surface area contributed by atoms with Crippen molar-refractivity contribution in [2.24, 2.45) is 5.10 Å². The van der Waals surface area contributed by atoms with Gasteiger partial charge in [0.15, 0.2) is 0 Å². The SMILES string of the molecule is CC(=NNc1nc2ccccc2s1)c1ccc(Cl)cc1. The minimum Gasteiger partial charge on any atom is -0.252 e. The minimum absolute atomic E-state index is 0.723. The first-order valence-electron chi connectivity index (χ1n) is 6.14. The van der Waals surface area contributed by atoms with Gasteiger partial charge < -0.3 is 0 Å². The molecule has 3 aromatic rings. The summed E-state index contributed by atoms with van der Waals surface area (Å²) in [7, 11) is 0. The Morgan fingerprint density at radius 1 is 1.15 bits per heavy atom. The summed E-state index contributed by atoms with van der Waals surface area (Å²) >= 11 is 7.46. The lowest BCUT2D eigenvalue weighted by molar-refractivity contribution is 1.29. The molecule has 0 saturated carbocycles. The number of fused-ring (bicyclic) bond motifs is 1. The van der Waals surface area contributed by atoms with Crippen LogP contribution >= 0.6 is 22.9 Å². The van der Waals surface area contributed by atoms with Crippen LogP contribution in [-0.4, -0.2) is 10.7 Å². The van der Waals surface area contributed by atoms with Crippen molar-refractivity contribution in [1.82, 2.24) is 4.98 Å². The number of nitrogens with zero attached hydrogens (tertiary/aromatic N) is 2. The van der Waals surface area contributed by atoms with Crippen LogP contribution in [0.15, 0.2) is 53.6 Å². The predicted octanol–water partition coefficient (Wildman–Crippen LogP) is 4.79. The standard InChI is InChI=1S/C15H12ClN3S/c1-10(11-6-8-12(16)9-7-11)18-19-15-17-13-4-2-3-5-14(13)20-15/h2-9H,1H3,(H,17,19). The zero-order valence-electron chi connectivity index (χ0n) is 10.8. The van der Waals surface area contributed by atoms with Crippen LogP contribution in [0, 0.1) is 0 Å². The fourth-order valence-corrected chi connectivity index (χ4v) is 2.74. The molecule has 0 aliphatic carbocycles. The summed E-state index contributed by atoms with van der Waals surface area (Å²) in [6, 6.07) is 15.6. The molecule has 0 atom stereocenters. The van der Waals surface area contributed by atoms with E-state index in [9.17, 15) is 0 Å². The first kappa shape index (κ1) is 13.1. The Morgan fingerprint density at radius 2 is 1.90 bits per heavy atom. The van der Waals surface area contributed by atoms with Crippen LogP contribution in [0.2, 0.25) is 5.02 Å². The molecule has 3 nitrogen and oxygen atoms in total. The number of hydrogen-bond donors (Lipinski definition) is 1. The maximum absolute atomic E-state index is 5.87.